The third-order valence-electron chi connectivity index (χ3n) is 4.23. The lowest BCUT2D eigenvalue weighted by Gasteiger charge is -2.30. The predicted octanol–water partition coefficient (Wildman–Crippen LogP) is 0.188. The molecule has 1 heterocycles. The lowest BCUT2D eigenvalue weighted by molar-refractivity contribution is -0.123. The van der Waals surface area contributed by atoms with Crippen LogP contribution in [0.1, 0.15) is 18.7 Å². The van der Waals surface area contributed by atoms with E-state index >= 15 is 0 Å². The average Bonchev–Trinajstić information content (AvgIpc) is 3.05. The number of carbonyl (C=O) groups is 1. The molecule has 1 amide bonds. The molecule has 1 saturated carbocycles. The van der Waals surface area contributed by atoms with E-state index in [-0.39, 0.29) is 23.8 Å². The topological polar surface area (TPSA) is 126 Å². The van der Waals surface area contributed by atoms with Gasteiger partial charge in [-0.25, -0.2) is 8.93 Å². The number of aromatic nitrogens is 3. The number of hydrogen-bond donors (Lipinski definition) is 3. The number of nitrogens with one attached hydrogen (secondary N) is 2. The lowest BCUT2D eigenvalue weighted by Crippen LogP contribution is -2.48. The minimum absolute atomic E-state index is 0.0985. The van der Waals surface area contributed by atoms with Gasteiger partial charge in [-0.05, 0) is 25.7 Å². The molecule has 0 radical (unpaired) electrons. The van der Waals surface area contributed by atoms with Gasteiger partial charge in [0.1, 0.15) is 5.82 Å². The molecular weight excluding hydrogens is 322 g/mol. The molecule has 0 spiro atoms. The van der Waals surface area contributed by atoms with E-state index in [2.05, 4.69) is 25.0 Å². The first-order valence-electron chi connectivity index (χ1n) is 7.07. The largest absolute Gasteiger partial charge is 0.467 e. The third kappa shape index (κ3) is 2.96. The second kappa shape index (κ2) is 5.95. The molecule has 9 nitrogen and oxygen atoms in total. The van der Waals surface area contributed by atoms with Crippen LogP contribution in [0.15, 0.2) is 12.2 Å². The molecule has 2 aliphatic carbocycles. The van der Waals surface area contributed by atoms with Gasteiger partial charge in [-0.1, -0.05) is 12.2 Å². The number of ether oxygens (including phenoxy) is 1. The number of hydrogen-bond acceptors (Lipinski definition) is 6. The minimum Gasteiger partial charge on any atom is -0.467 e. The maximum atomic E-state index is 12.8. The van der Waals surface area contributed by atoms with Gasteiger partial charge in [0.05, 0.1) is 12.5 Å². The summed E-state index contributed by atoms with van der Waals surface area (Å²) in [5, 5.41) is 2.67. The molecule has 3 N–H and O–H groups in total. The van der Waals surface area contributed by atoms with E-state index in [0.29, 0.717) is 18.7 Å². The Labute approximate surface area is 135 Å². The SMILES string of the molecule is COc1nc(C)nc(NC(=O)C23C=CC(CC2NS(=O)O)C3)n1. The molecule has 1 aromatic heterocycles. The Morgan fingerprint density at radius 2 is 2.26 bits per heavy atom. The molecule has 0 aromatic carbocycles. The Hall–Kier alpha value is -1.91. The van der Waals surface area contributed by atoms with Crippen LogP contribution in [0, 0.1) is 18.3 Å². The van der Waals surface area contributed by atoms with Crippen molar-refractivity contribution in [3.05, 3.63) is 18.0 Å². The smallest absolute Gasteiger partial charge is 0.321 e. The van der Waals surface area contributed by atoms with Gasteiger partial charge in [-0.3, -0.25) is 14.7 Å². The number of rotatable bonds is 5. The van der Waals surface area contributed by atoms with Crippen LogP contribution in [0.5, 0.6) is 6.01 Å². The molecule has 4 atom stereocenters. The van der Waals surface area contributed by atoms with Crippen LogP contribution in [0.4, 0.5) is 5.95 Å². The van der Waals surface area contributed by atoms with Crippen LogP contribution in [0.3, 0.4) is 0 Å². The zero-order valence-corrected chi connectivity index (χ0v) is 13.5. The zero-order valence-electron chi connectivity index (χ0n) is 12.6. The van der Waals surface area contributed by atoms with Crippen molar-refractivity contribution in [1.82, 2.24) is 19.7 Å². The summed E-state index contributed by atoms with van der Waals surface area (Å²) < 4.78 is 27.7. The van der Waals surface area contributed by atoms with Crippen molar-refractivity contribution in [2.75, 3.05) is 12.4 Å². The normalized spacial score (nSPS) is 29.5. The van der Waals surface area contributed by atoms with Gasteiger partial charge < -0.3 is 4.74 Å². The fourth-order valence-electron chi connectivity index (χ4n) is 3.24. The number of anilines is 1. The second-order valence-corrected chi connectivity index (χ2v) is 6.40. The van der Waals surface area contributed by atoms with E-state index in [0.717, 1.165) is 0 Å². The Morgan fingerprint density at radius 1 is 1.48 bits per heavy atom. The average molecular weight is 339 g/mol. The van der Waals surface area contributed by atoms with Crippen molar-refractivity contribution < 1.29 is 18.3 Å². The number of amides is 1. The molecule has 2 aliphatic rings. The highest BCUT2D eigenvalue weighted by molar-refractivity contribution is 7.77. The summed E-state index contributed by atoms with van der Waals surface area (Å²) >= 11 is -2.18. The predicted molar refractivity (Wildman–Crippen MR) is 81.7 cm³/mol. The number of methoxy groups -OCH3 is 1. The molecule has 124 valence electrons. The first-order valence-corrected chi connectivity index (χ1v) is 8.18. The number of aryl methyl sites for hydroxylation is 1. The van der Waals surface area contributed by atoms with Crippen molar-refractivity contribution in [2.24, 2.45) is 11.3 Å². The molecular formula is C13H17N5O4S. The first kappa shape index (κ1) is 16.0. The molecule has 1 fully saturated rings. The number of carbonyl (C=O) groups excluding carboxylic acids is 1. The summed E-state index contributed by atoms with van der Waals surface area (Å²) in [4.78, 5) is 24.8. The van der Waals surface area contributed by atoms with Crippen LogP contribution >= 0.6 is 0 Å². The fourth-order valence-corrected chi connectivity index (χ4v) is 3.78. The number of nitrogens with zero attached hydrogens (tertiary/aromatic N) is 3. The first-order chi connectivity index (χ1) is 10.9. The van der Waals surface area contributed by atoms with E-state index in [1.54, 1.807) is 13.0 Å². The monoisotopic (exact) mass is 339 g/mol. The summed E-state index contributed by atoms with van der Waals surface area (Å²) in [5.74, 6) is 0.421. The number of allylic oxidation sites excluding steroid dienone is 1. The van der Waals surface area contributed by atoms with Gasteiger partial charge in [-0.2, -0.15) is 15.0 Å². The Balaban J connectivity index is 1.83. The fraction of sp³-hybridized carbons (Fsp3) is 0.538. The van der Waals surface area contributed by atoms with Gasteiger partial charge in [0.2, 0.25) is 23.1 Å². The van der Waals surface area contributed by atoms with Crippen molar-refractivity contribution in [3.63, 3.8) is 0 Å². The standard InChI is InChI=1S/C13H17N5O4S/c1-7-14-11(17-12(15-7)22-2)16-10(19)13-4-3-8(6-13)5-9(13)18-23(20)21/h3-4,8-9,18H,5-6H2,1-2H3,(H,20,21)(H,14,15,16,17,19). The molecule has 0 saturated heterocycles. The Kier molecular flexibility index (Phi) is 4.13. The van der Waals surface area contributed by atoms with Gasteiger partial charge in [0.15, 0.2) is 0 Å². The number of fused-ring (bicyclic) bond motifs is 2. The van der Waals surface area contributed by atoms with Crippen molar-refractivity contribution in [3.8, 4) is 6.01 Å². The summed E-state index contributed by atoms with van der Waals surface area (Å²) in [5.41, 5.74) is -0.878. The van der Waals surface area contributed by atoms with E-state index < -0.39 is 22.7 Å². The molecule has 2 bridgehead atoms. The molecule has 10 heteroatoms. The van der Waals surface area contributed by atoms with Gasteiger partial charge in [0.25, 0.3) is 0 Å². The minimum atomic E-state index is -2.18. The van der Waals surface area contributed by atoms with Crippen molar-refractivity contribution in [2.45, 2.75) is 25.8 Å². The summed E-state index contributed by atoms with van der Waals surface area (Å²) in [6, 6.07) is -0.295. The van der Waals surface area contributed by atoms with Crippen molar-refractivity contribution >= 4 is 23.1 Å². The Bertz CT molecular complexity index is 697. The van der Waals surface area contributed by atoms with E-state index in [1.165, 1.54) is 7.11 Å². The van der Waals surface area contributed by atoms with Crippen LogP contribution in [-0.4, -0.2) is 42.8 Å². The maximum Gasteiger partial charge on any atom is 0.321 e. The van der Waals surface area contributed by atoms with Gasteiger partial charge in [-0.15, -0.1) is 0 Å². The van der Waals surface area contributed by atoms with Crippen LogP contribution in [0.25, 0.3) is 0 Å². The molecule has 0 aliphatic heterocycles. The second-order valence-electron chi connectivity index (χ2n) is 5.67. The highest BCUT2D eigenvalue weighted by Gasteiger charge is 2.54. The van der Waals surface area contributed by atoms with Crippen molar-refractivity contribution in [1.29, 1.82) is 0 Å². The summed E-state index contributed by atoms with van der Waals surface area (Å²) in [6.45, 7) is 1.67. The van der Waals surface area contributed by atoms with Crippen LogP contribution in [-0.2, 0) is 16.1 Å². The van der Waals surface area contributed by atoms with E-state index in [9.17, 15) is 9.00 Å². The van der Waals surface area contributed by atoms with Gasteiger partial charge >= 0.3 is 6.01 Å². The van der Waals surface area contributed by atoms with Gasteiger partial charge in [0, 0.05) is 6.04 Å². The summed E-state index contributed by atoms with van der Waals surface area (Å²) in [7, 11) is 1.43. The Morgan fingerprint density at radius 3 is 2.91 bits per heavy atom. The highest BCUT2D eigenvalue weighted by atomic mass is 32.2. The highest BCUT2D eigenvalue weighted by Crippen LogP contribution is 2.49. The quantitative estimate of drug-likeness (QED) is 0.516. The third-order valence-corrected chi connectivity index (χ3v) is 4.71. The lowest BCUT2D eigenvalue weighted by atomic mass is 9.83. The summed E-state index contributed by atoms with van der Waals surface area (Å²) in [6.07, 6.45) is 4.99. The van der Waals surface area contributed by atoms with E-state index in [1.807, 2.05) is 6.08 Å². The molecule has 4 unspecified atom stereocenters. The zero-order chi connectivity index (χ0) is 16.6. The molecule has 23 heavy (non-hydrogen) atoms. The van der Waals surface area contributed by atoms with E-state index in [4.69, 9.17) is 9.29 Å². The molecule has 1 aromatic rings. The maximum absolute atomic E-state index is 12.8. The van der Waals surface area contributed by atoms with Crippen LogP contribution < -0.4 is 14.8 Å². The molecule has 3 rings (SSSR count). The van der Waals surface area contributed by atoms with Crippen LogP contribution in [0.2, 0.25) is 0 Å².